The number of nitro groups is 1. The van der Waals surface area contributed by atoms with Crippen LogP contribution in [-0.4, -0.2) is 11.1 Å². The lowest BCUT2D eigenvalue weighted by Gasteiger charge is -2.01. The molecule has 0 saturated carbocycles. The zero-order valence-electron chi connectivity index (χ0n) is 12.8. The van der Waals surface area contributed by atoms with Crippen molar-refractivity contribution in [1.82, 2.24) is 0 Å². The Morgan fingerprint density at radius 2 is 1.96 bits per heavy atom. The average molecular weight is 385 g/mol. The summed E-state index contributed by atoms with van der Waals surface area (Å²) in [5, 5.41) is 10.9. The fraction of sp³-hybridized carbons (Fsp3) is 0.0556. The molecule has 0 spiro atoms. The van der Waals surface area contributed by atoms with E-state index in [-0.39, 0.29) is 5.69 Å². The summed E-state index contributed by atoms with van der Waals surface area (Å²) in [6.45, 7) is 1.98. The van der Waals surface area contributed by atoms with E-state index in [0.717, 1.165) is 15.7 Å². The lowest BCUT2D eigenvalue weighted by atomic mass is 10.1. The number of benzene rings is 2. The molecule has 5 nitrogen and oxygen atoms in total. The Balaban J connectivity index is 1.86. The van der Waals surface area contributed by atoms with Crippen LogP contribution in [0.3, 0.4) is 0 Å². The third kappa shape index (κ3) is 3.44. The molecule has 24 heavy (non-hydrogen) atoms. The third-order valence-corrected chi connectivity index (χ3v) is 4.40. The van der Waals surface area contributed by atoms with Crippen LogP contribution in [0.1, 0.15) is 11.3 Å². The Kier molecular flexibility index (Phi) is 4.57. The standard InChI is InChI=1S/C18H13BrN2O3/c1-12-16(19)6-3-7-17(12)20-11-15-8-9-18(24-15)13-4-2-5-14(10-13)21(22)23/h2-11H,1H3. The minimum Gasteiger partial charge on any atom is -0.455 e. The lowest BCUT2D eigenvalue weighted by Crippen LogP contribution is -1.87. The number of non-ortho nitro benzene ring substituents is 1. The molecule has 0 atom stereocenters. The number of hydrogen-bond acceptors (Lipinski definition) is 4. The molecule has 0 fully saturated rings. The first-order valence-electron chi connectivity index (χ1n) is 7.18. The number of aliphatic imine (C=N–C) groups is 1. The van der Waals surface area contributed by atoms with Crippen LogP contribution in [0.5, 0.6) is 0 Å². The maximum Gasteiger partial charge on any atom is 0.270 e. The van der Waals surface area contributed by atoms with E-state index >= 15 is 0 Å². The normalized spacial score (nSPS) is 11.1. The molecule has 0 N–H and O–H groups in total. The van der Waals surface area contributed by atoms with E-state index < -0.39 is 4.92 Å². The van der Waals surface area contributed by atoms with E-state index in [0.29, 0.717) is 17.1 Å². The average Bonchev–Trinajstić information content (AvgIpc) is 3.05. The molecule has 2 aromatic carbocycles. The molecule has 120 valence electrons. The van der Waals surface area contributed by atoms with E-state index in [1.807, 2.05) is 25.1 Å². The van der Waals surface area contributed by atoms with Gasteiger partial charge in [-0.25, -0.2) is 0 Å². The van der Waals surface area contributed by atoms with Crippen molar-refractivity contribution in [2.45, 2.75) is 6.92 Å². The molecule has 0 amide bonds. The number of hydrogen-bond donors (Lipinski definition) is 0. The van der Waals surface area contributed by atoms with Gasteiger partial charge in [0.05, 0.1) is 16.8 Å². The number of nitro benzene ring substituents is 1. The smallest absolute Gasteiger partial charge is 0.270 e. The molecular formula is C18H13BrN2O3. The lowest BCUT2D eigenvalue weighted by molar-refractivity contribution is -0.384. The fourth-order valence-electron chi connectivity index (χ4n) is 2.22. The Morgan fingerprint density at radius 1 is 1.17 bits per heavy atom. The second-order valence-corrected chi connectivity index (χ2v) is 6.01. The molecule has 0 radical (unpaired) electrons. The van der Waals surface area contributed by atoms with Crippen LogP contribution in [0, 0.1) is 17.0 Å². The fourth-order valence-corrected chi connectivity index (χ4v) is 2.57. The summed E-state index contributed by atoms with van der Waals surface area (Å²) in [6.07, 6.45) is 1.63. The first-order chi connectivity index (χ1) is 11.5. The predicted octanol–water partition coefficient (Wildman–Crippen LogP) is 5.68. The monoisotopic (exact) mass is 384 g/mol. The topological polar surface area (TPSA) is 68.6 Å². The van der Waals surface area contributed by atoms with Crippen molar-refractivity contribution < 1.29 is 9.34 Å². The molecule has 3 rings (SSSR count). The maximum absolute atomic E-state index is 10.9. The summed E-state index contributed by atoms with van der Waals surface area (Å²) in [7, 11) is 0. The van der Waals surface area contributed by atoms with Crippen molar-refractivity contribution in [3.8, 4) is 11.3 Å². The quantitative estimate of drug-likeness (QED) is 0.330. The Hall–Kier alpha value is -2.73. The second kappa shape index (κ2) is 6.80. The molecule has 0 bridgehead atoms. The largest absolute Gasteiger partial charge is 0.455 e. The van der Waals surface area contributed by atoms with Gasteiger partial charge in [-0.1, -0.05) is 34.1 Å². The molecule has 0 aliphatic carbocycles. The minimum absolute atomic E-state index is 0.0314. The number of furan rings is 1. The summed E-state index contributed by atoms with van der Waals surface area (Å²) < 4.78 is 6.71. The van der Waals surface area contributed by atoms with Gasteiger partial charge < -0.3 is 4.42 Å². The van der Waals surface area contributed by atoms with Gasteiger partial charge >= 0.3 is 0 Å². The number of nitrogens with zero attached hydrogens (tertiary/aromatic N) is 2. The highest BCUT2D eigenvalue weighted by Gasteiger charge is 2.09. The van der Waals surface area contributed by atoms with Crippen LogP contribution in [-0.2, 0) is 0 Å². The summed E-state index contributed by atoms with van der Waals surface area (Å²) in [6, 6.07) is 15.7. The molecule has 0 unspecified atom stereocenters. The van der Waals surface area contributed by atoms with Crippen LogP contribution in [0.2, 0.25) is 0 Å². The van der Waals surface area contributed by atoms with Gasteiger partial charge in [-0.15, -0.1) is 0 Å². The van der Waals surface area contributed by atoms with Crippen molar-refractivity contribution in [3.63, 3.8) is 0 Å². The van der Waals surface area contributed by atoms with E-state index in [1.54, 1.807) is 30.5 Å². The van der Waals surface area contributed by atoms with Gasteiger partial charge in [0, 0.05) is 22.2 Å². The maximum atomic E-state index is 10.9. The van der Waals surface area contributed by atoms with Gasteiger partial charge in [0.15, 0.2) is 0 Å². The van der Waals surface area contributed by atoms with Crippen LogP contribution in [0.4, 0.5) is 11.4 Å². The SMILES string of the molecule is Cc1c(Br)cccc1N=Cc1ccc(-c2cccc([N+](=O)[O-])c2)o1. The van der Waals surface area contributed by atoms with Gasteiger partial charge in [0.1, 0.15) is 11.5 Å². The molecule has 6 heteroatoms. The van der Waals surface area contributed by atoms with E-state index in [9.17, 15) is 10.1 Å². The summed E-state index contributed by atoms with van der Waals surface area (Å²) in [5.41, 5.74) is 2.57. The summed E-state index contributed by atoms with van der Waals surface area (Å²) in [4.78, 5) is 14.9. The van der Waals surface area contributed by atoms with E-state index in [1.165, 1.54) is 12.1 Å². The minimum atomic E-state index is -0.426. The first kappa shape index (κ1) is 16.1. The Bertz CT molecular complexity index is 932. The highest BCUT2D eigenvalue weighted by molar-refractivity contribution is 9.10. The number of rotatable bonds is 4. The van der Waals surface area contributed by atoms with Crippen molar-refractivity contribution in [2.24, 2.45) is 4.99 Å². The highest BCUT2D eigenvalue weighted by atomic mass is 79.9. The zero-order valence-corrected chi connectivity index (χ0v) is 14.4. The van der Waals surface area contributed by atoms with Crippen molar-refractivity contribution in [1.29, 1.82) is 0 Å². The van der Waals surface area contributed by atoms with Crippen LogP contribution >= 0.6 is 15.9 Å². The van der Waals surface area contributed by atoms with Crippen molar-refractivity contribution >= 4 is 33.5 Å². The van der Waals surface area contributed by atoms with Gasteiger partial charge in [0.25, 0.3) is 5.69 Å². The third-order valence-electron chi connectivity index (χ3n) is 3.54. The zero-order chi connectivity index (χ0) is 17.1. The Labute approximate surface area is 146 Å². The summed E-state index contributed by atoms with van der Waals surface area (Å²) in [5.74, 6) is 1.14. The van der Waals surface area contributed by atoms with Gasteiger partial charge in [-0.3, -0.25) is 15.1 Å². The van der Waals surface area contributed by atoms with Crippen molar-refractivity contribution in [2.75, 3.05) is 0 Å². The molecule has 1 heterocycles. The van der Waals surface area contributed by atoms with Gasteiger partial charge in [0.2, 0.25) is 0 Å². The van der Waals surface area contributed by atoms with Crippen LogP contribution < -0.4 is 0 Å². The molecule has 0 aliphatic rings. The molecule has 0 aliphatic heterocycles. The van der Waals surface area contributed by atoms with Gasteiger partial charge in [-0.2, -0.15) is 0 Å². The first-order valence-corrected chi connectivity index (χ1v) is 7.98. The molecule has 3 aromatic rings. The molecular weight excluding hydrogens is 372 g/mol. The summed E-state index contributed by atoms with van der Waals surface area (Å²) >= 11 is 3.47. The predicted molar refractivity (Wildman–Crippen MR) is 96.9 cm³/mol. The number of halogens is 1. The van der Waals surface area contributed by atoms with Crippen molar-refractivity contribution in [3.05, 3.63) is 80.5 Å². The van der Waals surface area contributed by atoms with E-state index in [4.69, 9.17) is 4.42 Å². The Morgan fingerprint density at radius 3 is 2.75 bits per heavy atom. The molecule has 1 aromatic heterocycles. The van der Waals surface area contributed by atoms with Gasteiger partial charge in [-0.05, 0) is 36.8 Å². The van der Waals surface area contributed by atoms with Crippen LogP contribution in [0.15, 0.2) is 68.5 Å². The highest BCUT2D eigenvalue weighted by Crippen LogP contribution is 2.27. The second-order valence-electron chi connectivity index (χ2n) is 5.15. The molecule has 0 saturated heterocycles. The van der Waals surface area contributed by atoms with E-state index in [2.05, 4.69) is 20.9 Å². The van der Waals surface area contributed by atoms with Crippen LogP contribution in [0.25, 0.3) is 11.3 Å².